The van der Waals surface area contributed by atoms with Crippen LogP contribution in [0.2, 0.25) is 0 Å². The molecule has 0 aromatic rings. The smallest absolute Gasteiger partial charge is 0.0696 e. The van der Waals surface area contributed by atoms with E-state index in [1.807, 2.05) is 19.0 Å². The molecular formula is C6H18N4. The summed E-state index contributed by atoms with van der Waals surface area (Å²) in [6.45, 7) is 2.40. The van der Waals surface area contributed by atoms with Crippen LogP contribution in [0.5, 0.6) is 0 Å². The number of hydrogen-bond acceptors (Lipinski definition) is 4. The predicted octanol–water partition coefficient (Wildman–Crippen LogP) is -1.62. The molecule has 62 valence electrons. The maximum Gasteiger partial charge on any atom is 0.0696 e. The molecule has 0 aromatic heterocycles. The minimum Gasteiger partial charge on any atom is -0.328 e. The lowest BCUT2D eigenvalue weighted by atomic mass is 10.4. The van der Waals surface area contributed by atoms with Gasteiger partial charge in [-0.3, -0.25) is 4.90 Å². The molecule has 0 rings (SSSR count). The standard InChI is InChI=1S/C6H18N4/c1-9-3-4-10(2)6(8)5-7/h6,9H,3-5,7-8H2,1-2H3. The first kappa shape index (κ1) is 9.84. The summed E-state index contributed by atoms with van der Waals surface area (Å²) in [5.41, 5.74) is 11.0. The van der Waals surface area contributed by atoms with Gasteiger partial charge in [-0.05, 0) is 14.1 Å². The first-order valence-corrected chi connectivity index (χ1v) is 3.53. The second kappa shape index (κ2) is 5.61. The highest BCUT2D eigenvalue weighted by Gasteiger charge is 2.04. The molecule has 0 spiro atoms. The van der Waals surface area contributed by atoms with E-state index in [2.05, 4.69) is 5.32 Å². The van der Waals surface area contributed by atoms with E-state index in [0.29, 0.717) is 6.54 Å². The number of nitrogens with zero attached hydrogens (tertiary/aromatic N) is 1. The van der Waals surface area contributed by atoms with Crippen LogP contribution in [0.15, 0.2) is 0 Å². The number of likely N-dealkylation sites (N-methyl/N-ethyl adjacent to an activating group) is 2. The van der Waals surface area contributed by atoms with E-state index in [4.69, 9.17) is 11.5 Å². The summed E-state index contributed by atoms with van der Waals surface area (Å²) < 4.78 is 0. The molecule has 0 aliphatic carbocycles. The average molecular weight is 146 g/mol. The minimum absolute atomic E-state index is 0.00616. The van der Waals surface area contributed by atoms with Gasteiger partial charge in [0.25, 0.3) is 0 Å². The second-order valence-electron chi connectivity index (χ2n) is 2.39. The molecular weight excluding hydrogens is 128 g/mol. The van der Waals surface area contributed by atoms with E-state index >= 15 is 0 Å². The predicted molar refractivity (Wildman–Crippen MR) is 43.6 cm³/mol. The number of rotatable bonds is 5. The van der Waals surface area contributed by atoms with E-state index in [0.717, 1.165) is 13.1 Å². The lowest BCUT2D eigenvalue weighted by Crippen LogP contribution is -2.46. The Kier molecular flexibility index (Phi) is 5.52. The van der Waals surface area contributed by atoms with Gasteiger partial charge in [0.15, 0.2) is 0 Å². The van der Waals surface area contributed by atoms with Crippen molar-refractivity contribution in [2.75, 3.05) is 33.7 Å². The molecule has 0 aliphatic rings. The zero-order valence-corrected chi connectivity index (χ0v) is 6.80. The molecule has 1 unspecified atom stereocenters. The van der Waals surface area contributed by atoms with Crippen molar-refractivity contribution in [1.29, 1.82) is 0 Å². The van der Waals surface area contributed by atoms with E-state index < -0.39 is 0 Å². The first-order valence-electron chi connectivity index (χ1n) is 3.53. The van der Waals surface area contributed by atoms with Crippen molar-refractivity contribution in [1.82, 2.24) is 10.2 Å². The van der Waals surface area contributed by atoms with Gasteiger partial charge in [-0.1, -0.05) is 0 Å². The van der Waals surface area contributed by atoms with Gasteiger partial charge in [-0.15, -0.1) is 0 Å². The summed E-state index contributed by atoms with van der Waals surface area (Å²) in [6, 6.07) is 0. The Bertz CT molecular complexity index is 76.1. The molecule has 0 amide bonds. The molecule has 10 heavy (non-hydrogen) atoms. The van der Waals surface area contributed by atoms with Gasteiger partial charge in [-0.2, -0.15) is 0 Å². The highest BCUT2D eigenvalue weighted by atomic mass is 15.2. The monoisotopic (exact) mass is 146 g/mol. The normalized spacial score (nSPS) is 14.1. The lowest BCUT2D eigenvalue weighted by Gasteiger charge is -2.22. The van der Waals surface area contributed by atoms with Crippen LogP contribution in [0.3, 0.4) is 0 Å². The van der Waals surface area contributed by atoms with E-state index in [9.17, 15) is 0 Å². The highest BCUT2D eigenvalue weighted by molar-refractivity contribution is 4.61. The zero-order valence-electron chi connectivity index (χ0n) is 6.80. The number of nitrogens with one attached hydrogen (secondary N) is 1. The van der Waals surface area contributed by atoms with Gasteiger partial charge in [0.1, 0.15) is 0 Å². The molecule has 0 radical (unpaired) electrons. The van der Waals surface area contributed by atoms with Crippen molar-refractivity contribution in [3.63, 3.8) is 0 Å². The van der Waals surface area contributed by atoms with Gasteiger partial charge in [-0.25, -0.2) is 0 Å². The summed E-state index contributed by atoms with van der Waals surface area (Å²) in [4.78, 5) is 2.02. The molecule has 1 atom stereocenters. The topological polar surface area (TPSA) is 67.3 Å². The van der Waals surface area contributed by atoms with Crippen molar-refractivity contribution < 1.29 is 0 Å². The van der Waals surface area contributed by atoms with E-state index in [1.54, 1.807) is 0 Å². The average Bonchev–Trinajstić information content (AvgIpc) is 1.98. The molecule has 0 aliphatic heterocycles. The van der Waals surface area contributed by atoms with Crippen LogP contribution in [0, 0.1) is 0 Å². The van der Waals surface area contributed by atoms with Crippen molar-refractivity contribution in [3.8, 4) is 0 Å². The number of hydrogen-bond donors (Lipinski definition) is 3. The zero-order chi connectivity index (χ0) is 7.98. The number of nitrogens with two attached hydrogens (primary N) is 2. The first-order chi connectivity index (χ1) is 4.72. The molecule has 4 heteroatoms. The maximum atomic E-state index is 5.63. The van der Waals surface area contributed by atoms with Crippen LogP contribution < -0.4 is 16.8 Å². The van der Waals surface area contributed by atoms with E-state index in [1.165, 1.54) is 0 Å². The molecule has 0 heterocycles. The summed E-state index contributed by atoms with van der Waals surface area (Å²) in [5.74, 6) is 0. The molecule has 5 N–H and O–H groups in total. The van der Waals surface area contributed by atoms with Crippen molar-refractivity contribution in [2.45, 2.75) is 6.17 Å². The van der Waals surface area contributed by atoms with Crippen LogP contribution in [0.4, 0.5) is 0 Å². The summed E-state index contributed by atoms with van der Waals surface area (Å²) in [7, 11) is 3.89. The molecule has 4 nitrogen and oxygen atoms in total. The Morgan fingerprint density at radius 2 is 2.20 bits per heavy atom. The van der Waals surface area contributed by atoms with Crippen LogP contribution in [-0.2, 0) is 0 Å². The fraction of sp³-hybridized carbons (Fsp3) is 1.00. The SMILES string of the molecule is CNCCN(C)C(N)CN. The van der Waals surface area contributed by atoms with Crippen LogP contribution in [0.1, 0.15) is 0 Å². The van der Waals surface area contributed by atoms with Crippen molar-refractivity contribution >= 4 is 0 Å². The minimum atomic E-state index is -0.00616. The molecule has 0 bridgehead atoms. The Hall–Kier alpha value is -0.160. The summed E-state index contributed by atoms with van der Waals surface area (Å²) >= 11 is 0. The lowest BCUT2D eigenvalue weighted by molar-refractivity contribution is 0.254. The van der Waals surface area contributed by atoms with E-state index in [-0.39, 0.29) is 6.17 Å². The van der Waals surface area contributed by atoms with Gasteiger partial charge in [0, 0.05) is 19.6 Å². The van der Waals surface area contributed by atoms with Gasteiger partial charge in [0.2, 0.25) is 0 Å². The fourth-order valence-electron chi connectivity index (χ4n) is 0.634. The largest absolute Gasteiger partial charge is 0.328 e. The van der Waals surface area contributed by atoms with Gasteiger partial charge in [0.05, 0.1) is 6.17 Å². The Morgan fingerprint density at radius 1 is 1.60 bits per heavy atom. The quantitative estimate of drug-likeness (QED) is 0.408. The van der Waals surface area contributed by atoms with Gasteiger partial charge < -0.3 is 16.8 Å². The Balaban J connectivity index is 3.31. The molecule has 0 saturated carbocycles. The Morgan fingerprint density at radius 3 is 2.60 bits per heavy atom. The van der Waals surface area contributed by atoms with Crippen molar-refractivity contribution in [2.24, 2.45) is 11.5 Å². The fourth-order valence-corrected chi connectivity index (χ4v) is 0.634. The molecule has 0 aromatic carbocycles. The summed E-state index contributed by atoms with van der Waals surface area (Å²) in [6.07, 6.45) is -0.00616. The second-order valence-corrected chi connectivity index (χ2v) is 2.39. The third-order valence-electron chi connectivity index (χ3n) is 1.52. The molecule has 0 fully saturated rings. The maximum absolute atomic E-state index is 5.63. The highest BCUT2D eigenvalue weighted by Crippen LogP contribution is 1.83. The molecule has 0 saturated heterocycles. The van der Waals surface area contributed by atoms with Crippen molar-refractivity contribution in [3.05, 3.63) is 0 Å². The third kappa shape index (κ3) is 3.79. The van der Waals surface area contributed by atoms with Crippen LogP contribution in [-0.4, -0.2) is 44.8 Å². The van der Waals surface area contributed by atoms with Crippen LogP contribution in [0.25, 0.3) is 0 Å². The Labute approximate surface area is 62.6 Å². The summed E-state index contributed by atoms with van der Waals surface area (Å²) in [5, 5.41) is 3.04. The van der Waals surface area contributed by atoms with Gasteiger partial charge >= 0.3 is 0 Å². The third-order valence-corrected chi connectivity index (χ3v) is 1.52. The van der Waals surface area contributed by atoms with Crippen LogP contribution >= 0.6 is 0 Å².